The van der Waals surface area contributed by atoms with Gasteiger partial charge in [0.1, 0.15) is 5.82 Å². The zero-order valence-electron chi connectivity index (χ0n) is 9.71. The van der Waals surface area contributed by atoms with Crippen LogP contribution in [0.2, 0.25) is 0 Å². The first-order valence-electron chi connectivity index (χ1n) is 5.21. The minimum atomic E-state index is 0.728. The summed E-state index contributed by atoms with van der Waals surface area (Å²) in [5, 5.41) is 0. The van der Waals surface area contributed by atoms with Crippen molar-refractivity contribution in [2.24, 2.45) is 5.73 Å². The molecule has 0 amide bonds. The van der Waals surface area contributed by atoms with Gasteiger partial charge in [-0.05, 0) is 45.1 Å². The Labute approximate surface area is 95.9 Å². The van der Waals surface area contributed by atoms with E-state index >= 15 is 0 Å². The molecule has 1 rings (SSSR count). The maximum absolute atomic E-state index is 5.51. The molecule has 0 atom stereocenters. The fourth-order valence-electron chi connectivity index (χ4n) is 1.64. The molecule has 0 spiro atoms. The van der Waals surface area contributed by atoms with E-state index in [0.29, 0.717) is 0 Å². The molecule has 84 valence electrons. The SMILES string of the molecule is CSCc1nc(C)c(CCCN)c(C)n1. The third-order valence-electron chi connectivity index (χ3n) is 2.37. The lowest BCUT2D eigenvalue weighted by molar-refractivity contribution is 0.796. The standard InChI is InChI=1S/C11H19N3S/c1-8-10(5-4-6-12)9(2)14-11(13-8)7-15-3/h4-7,12H2,1-3H3. The molecule has 15 heavy (non-hydrogen) atoms. The lowest BCUT2D eigenvalue weighted by atomic mass is 10.1. The summed E-state index contributed by atoms with van der Waals surface area (Å²) in [6.45, 7) is 4.85. The fourth-order valence-corrected chi connectivity index (χ4v) is 2.03. The average molecular weight is 225 g/mol. The molecule has 0 bridgehead atoms. The largest absolute Gasteiger partial charge is 0.330 e. The Bertz CT molecular complexity index is 303. The van der Waals surface area contributed by atoms with Gasteiger partial charge in [0, 0.05) is 11.4 Å². The smallest absolute Gasteiger partial charge is 0.138 e. The third kappa shape index (κ3) is 3.47. The molecule has 0 aliphatic heterocycles. The van der Waals surface area contributed by atoms with Crippen molar-refractivity contribution < 1.29 is 0 Å². The number of nitrogens with zero attached hydrogens (tertiary/aromatic N) is 2. The van der Waals surface area contributed by atoms with E-state index in [1.54, 1.807) is 11.8 Å². The van der Waals surface area contributed by atoms with Crippen molar-refractivity contribution in [3.8, 4) is 0 Å². The number of aromatic nitrogens is 2. The highest BCUT2D eigenvalue weighted by molar-refractivity contribution is 7.97. The number of nitrogens with two attached hydrogens (primary N) is 1. The van der Waals surface area contributed by atoms with E-state index in [1.807, 2.05) is 0 Å². The van der Waals surface area contributed by atoms with Gasteiger partial charge in [-0.25, -0.2) is 9.97 Å². The molecule has 0 aliphatic carbocycles. The molecule has 0 unspecified atom stereocenters. The van der Waals surface area contributed by atoms with Crippen molar-refractivity contribution >= 4 is 11.8 Å². The maximum Gasteiger partial charge on any atom is 0.138 e. The molecule has 0 aromatic carbocycles. The normalized spacial score (nSPS) is 10.7. The average Bonchev–Trinajstić information content (AvgIpc) is 2.17. The number of aryl methyl sites for hydroxylation is 2. The molecule has 0 saturated heterocycles. The Hall–Kier alpha value is -0.610. The van der Waals surface area contributed by atoms with Crippen LogP contribution in [0.4, 0.5) is 0 Å². The van der Waals surface area contributed by atoms with Crippen molar-refractivity contribution in [2.45, 2.75) is 32.4 Å². The summed E-state index contributed by atoms with van der Waals surface area (Å²) in [6.07, 6.45) is 4.07. The van der Waals surface area contributed by atoms with Crippen molar-refractivity contribution in [1.29, 1.82) is 0 Å². The van der Waals surface area contributed by atoms with Gasteiger partial charge >= 0.3 is 0 Å². The van der Waals surface area contributed by atoms with Crippen LogP contribution in [0.5, 0.6) is 0 Å². The second-order valence-electron chi connectivity index (χ2n) is 3.61. The topological polar surface area (TPSA) is 51.8 Å². The number of hydrogen-bond acceptors (Lipinski definition) is 4. The van der Waals surface area contributed by atoms with Crippen LogP contribution in [0, 0.1) is 13.8 Å². The van der Waals surface area contributed by atoms with Gasteiger partial charge in [0.25, 0.3) is 0 Å². The Morgan fingerprint density at radius 3 is 2.27 bits per heavy atom. The lowest BCUT2D eigenvalue weighted by Crippen LogP contribution is -2.07. The molecule has 1 heterocycles. The van der Waals surface area contributed by atoms with Crippen LogP contribution in [0.15, 0.2) is 0 Å². The maximum atomic E-state index is 5.51. The summed E-state index contributed by atoms with van der Waals surface area (Å²) in [4.78, 5) is 9.01. The van der Waals surface area contributed by atoms with Crippen LogP contribution < -0.4 is 5.73 Å². The second kappa shape index (κ2) is 6.08. The van der Waals surface area contributed by atoms with E-state index in [1.165, 1.54) is 5.56 Å². The van der Waals surface area contributed by atoms with Crippen molar-refractivity contribution in [3.05, 3.63) is 22.8 Å². The first-order chi connectivity index (χ1) is 7.19. The lowest BCUT2D eigenvalue weighted by Gasteiger charge is -2.09. The summed E-state index contributed by atoms with van der Waals surface area (Å²) in [7, 11) is 0. The highest BCUT2D eigenvalue weighted by atomic mass is 32.2. The molecule has 0 aliphatic rings. The van der Waals surface area contributed by atoms with Gasteiger partial charge in [-0.1, -0.05) is 0 Å². The van der Waals surface area contributed by atoms with Gasteiger partial charge in [0.2, 0.25) is 0 Å². The van der Waals surface area contributed by atoms with Gasteiger partial charge in [-0.2, -0.15) is 11.8 Å². The molecular weight excluding hydrogens is 206 g/mol. The van der Waals surface area contributed by atoms with Gasteiger partial charge in [-0.15, -0.1) is 0 Å². The molecule has 3 nitrogen and oxygen atoms in total. The van der Waals surface area contributed by atoms with Gasteiger partial charge in [-0.3, -0.25) is 0 Å². The summed E-state index contributed by atoms with van der Waals surface area (Å²) < 4.78 is 0. The van der Waals surface area contributed by atoms with Crippen molar-refractivity contribution in [3.63, 3.8) is 0 Å². The van der Waals surface area contributed by atoms with E-state index in [9.17, 15) is 0 Å². The summed E-state index contributed by atoms with van der Waals surface area (Å²) in [5.74, 6) is 1.83. The summed E-state index contributed by atoms with van der Waals surface area (Å²) in [6, 6.07) is 0. The van der Waals surface area contributed by atoms with Gasteiger partial charge < -0.3 is 5.73 Å². The molecule has 2 N–H and O–H groups in total. The van der Waals surface area contributed by atoms with E-state index in [2.05, 4.69) is 30.1 Å². The Balaban J connectivity index is 2.88. The van der Waals surface area contributed by atoms with Gasteiger partial charge in [0.15, 0.2) is 0 Å². The Morgan fingerprint density at radius 2 is 1.80 bits per heavy atom. The fraction of sp³-hybridized carbons (Fsp3) is 0.636. The van der Waals surface area contributed by atoms with Crippen LogP contribution >= 0.6 is 11.8 Å². The number of thioether (sulfide) groups is 1. The summed E-state index contributed by atoms with van der Waals surface area (Å²) >= 11 is 1.75. The predicted octanol–water partition coefficient (Wildman–Crippen LogP) is 1.85. The highest BCUT2D eigenvalue weighted by Crippen LogP contribution is 2.14. The number of hydrogen-bond donors (Lipinski definition) is 1. The van der Waals surface area contributed by atoms with Crippen molar-refractivity contribution in [1.82, 2.24) is 9.97 Å². The Morgan fingerprint density at radius 1 is 1.20 bits per heavy atom. The molecule has 0 fully saturated rings. The van der Waals surface area contributed by atoms with E-state index < -0.39 is 0 Å². The second-order valence-corrected chi connectivity index (χ2v) is 4.48. The predicted molar refractivity (Wildman–Crippen MR) is 66.1 cm³/mol. The van der Waals surface area contributed by atoms with E-state index in [4.69, 9.17) is 5.73 Å². The van der Waals surface area contributed by atoms with Gasteiger partial charge in [0.05, 0.1) is 5.75 Å². The van der Waals surface area contributed by atoms with Crippen LogP contribution in [0.1, 0.15) is 29.2 Å². The first kappa shape index (κ1) is 12.5. The molecule has 4 heteroatoms. The zero-order chi connectivity index (χ0) is 11.3. The van der Waals surface area contributed by atoms with E-state index in [-0.39, 0.29) is 0 Å². The minimum absolute atomic E-state index is 0.728. The Kier molecular flexibility index (Phi) is 5.05. The van der Waals surface area contributed by atoms with Crippen LogP contribution in [0.3, 0.4) is 0 Å². The highest BCUT2D eigenvalue weighted by Gasteiger charge is 2.07. The monoisotopic (exact) mass is 225 g/mol. The quantitative estimate of drug-likeness (QED) is 0.831. The molecular formula is C11H19N3S. The molecule has 1 aromatic heterocycles. The van der Waals surface area contributed by atoms with Crippen LogP contribution in [0.25, 0.3) is 0 Å². The minimum Gasteiger partial charge on any atom is -0.330 e. The summed E-state index contributed by atoms with van der Waals surface area (Å²) in [5.41, 5.74) is 9.00. The number of rotatable bonds is 5. The van der Waals surface area contributed by atoms with Crippen LogP contribution in [-0.2, 0) is 12.2 Å². The van der Waals surface area contributed by atoms with Crippen LogP contribution in [-0.4, -0.2) is 22.8 Å². The zero-order valence-corrected chi connectivity index (χ0v) is 10.5. The molecule has 0 saturated carbocycles. The first-order valence-corrected chi connectivity index (χ1v) is 6.60. The third-order valence-corrected chi connectivity index (χ3v) is 2.92. The molecule has 1 aromatic rings. The van der Waals surface area contributed by atoms with Crippen molar-refractivity contribution in [2.75, 3.05) is 12.8 Å². The van der Waals surface area contributed by atoms with E-state index in [0.717, 1.165) is 42.4 Å². The molecule has 0 radical (unpaired) electrons.